The molecule has 3 aromatic rings. The Labute approximate surface area is 212 Å². The number of benzene rings is 3. The molecule has 1 fully saturated rings. The Morgan fingerprint density at radius 3 is 2.11 bits per heavy atom. The summed E-state index contributed by atoms with van der Waals surface area (Å²) < 4.78 is 5.77. The molecule has 0 bridgehead atoms. The normalized spacial score (nSPS) is 14.3. The molecule has 0 unspecified atom stereocenters. The molecule has 182 valence electrons. The molecule has 1 N–H and O–H groups in total. The van der Waals surface area contributed by atoms with Gasteiger partial charge >= 0.3 is 0 Å². The molecule has 2 amide bonds. The minimum absolute atomic E-state index is 0.114. The highest BCUT2D eigenvalue weighted by Crippen LogP contribution is 2.21. The largest absolute Gasteiger partial charge is 0.484 e. The molecule has 0 aliphatic heterocycles. The van der Waals surface area contributed by atoms with Crippen molar-refractivity contribution in [2.24, 2.45) is 0 Å². The highest BCUT2D eigenvalue weighted by Gasteiger charge is 2.32. The van der Waals surface area contributed by atoms with Gasteiger partial charge in [-0.3, -0.25) is 9.59 Å². The summed E-state index contributed by atoms with van der Waals surface area (Å²) in [7, 11) is 0. The zero-order chi connectivity index (χ0) is 24.5. The smallest absolute Gasteiger partial charge is 0.261 e. The third kappa shape index (κ3) is 7.33. The van der Waals surface area contributed by atoms with E-state index in [4.69, 9.17) is 16.3 Å². The van der Waals surface area contributed by atoms with Crippen LogP contribution in [0.3, 0.4) is 0 Å². The minimum atomic E-state index is -0.653. The van der Waals surface area contributed by atoms with E-state index < -0.39 is 6.04 Å². The number of nitrogens with zero attached hydrogens (tertiary/aromatic N) is 1. The lowest BCUT2D eigenvalue weighted by atomic mass is 10.0. The Hall–Kier alpha value is -3.31. The van der Waals surface area contributed by atoms with Crippen LogP contribution in [0.2, 0.25) is 5.02 Å². The summed E-state index contributed by atoms with van der Waals surface area (Å²) in [5.74, 6) is 0.195. The monoisotopic (exact) mass is 490 g/mol. The Morgan fingerprint density at radius 2 is 1.49 bits per heavy atom. The fourth-order valence-electron chi connectivity index (χ4n) is 4.46. The van der Waals surface area contributed by atoms with Gasteiger partial charge in [-0.2, -0.15) is 0 Å². The molecule has 0 heterocycles. The maximum atomic E-state index is 13.6. The molecular formula is C29H31ClN2O3. The number of amides is 2. The maximum Gasteiger partial charge on any atom is 0.261 e. The van der Waals surface area contributed by atoms with E-state index in [-0.39, 0.29) is 24.5 Å². The SMILES string of the molecule is O=C(NC1CCCC1)[C@@H](Cc1ccccc1)N(Cc1ccccc1)C(=O)COc1ccc(Cl)cc1. The van der Waals surface area contributed by atoms with E-state index in [1.807, 2.05) is 60.7 Å². The average Bonchev–Trinajstić information content (AvgIpc) is 3.40. The molecule has 1 aliphatic carbocycles. The number of rotatable bonds is 10. The van der Waals surface area contributed by atoms with Gasteiger partial charge in [-0.15, -0.1) is 0 Å². The van der Waals surface area contributed by atoms with Crippen LogP contribution in [0, 0.1) is 0 Å². The van der Waals surface area contributed by atoms with Gasteiger partial charge in [0.2, 0.25) is 5.91 Å². The van der Waals surface area contributed by atoms with E-state index in [9.17, 15) is 9.59 Å². The van der Waals surface area contributed by atoms with Crippen LogP contribution in [-0.4, -0.2) is 35.4 Å². The summed E-state index contributed by atoms with van der Waals surface area (Å²) in [6.45, 7) is 0.149. The summed E-state index contributed by atoms with van der Waals surface area (Å²) in [6.07, 6.45) is 4.64. The number of nitrogens with one attached hydrogen (secondary N) is 1. The number of hydrogen-bond donors (Lipinski definition) is 1. The summed E-state index contributed by atoms with van der Waals surface area (Å²) >= 11 is 5.96. The quantitative estimate of drug-likeness (QED) is 0.413. The van der Waals surface area contributed by atoms with Crippen molar-refractivity contribution in [2.75, 3.05) is 6.61 Å². The van der Waals surface area contributed by atoms with E-state index in [2.05, 4.69) is 5.32 Å². The van der Waals surface area contributed by atoms with Crippen molar-refractivity contribution in [3.63, 3.8) is 0 Å². The van der Waals surface area contributed by atoms with Crippen LogP contribution >= 0.6 is 11.6 Å². The summed E-state index contributed by atoms with van der Waals surface area (Å²) in [6, 6.07) is 26.0. The van der Waals surface area contributed by atoms with Gasteiger partial charge in [0.15, 0.2) is 6.61 Å². The third-order valence-corrected chi connectivity index (χ3v) is 6.60. The average molecular weight is 491 g/mol. The molecule has 3 aromatic carbocycles. The van der Waals surface area contributed by atoms with Gasteiger partial charge in [-0.1, -0.05) is 85.1 Å². The first kappa shape index (κ1) is 24.8. The van der Waals surface area contributed by atoms with Crippen LogP contribution in [0.4, 0.5) is 0 Å². The molecule has 0 saturated heterocycles. The summed E-state index contributed by atoms with van der Waals surface area (Å²) in [5, 5.41) is 3.81. The van der Waals surface area contributed by atoms with Crippen molar-refractivity contribution in [3.05, 3.63) is 101 Å². The Balaban J connectivity index is 1.58. The summed E-state index contributed by atoms with van der Waals surface area (Å²) in [5.41, 5.74) is 1.96. The molecule has 1 atom stereocenters. The number of hydrogen-bond acceptors (Lipinski definition) is 3. The fourth-order valence-corrected chi connectivity index (χ4v) is 4.59. The lowest BCUT2D eigenvalue weighted by Crippen LogP contribution is -2.53. The van der Waals surface area contributed by atoms with Crippen LogP contribution in [0.25, 0.3) is 0 Å². The molecule has 0 spiro atoms. The highest BCUT2D eigenvalue weighted by atomic mass is 35.5. The molecule has 4 rings (SSSR count). The molecule has 0 aromatic heterocycles. The van der Waals surface area contributed by atoms with Gasteiger partial charge < -0.3 is 15.0 Å². The Bertz CT molecular complexity index is 1080. The zero-order valence-corrected chi connectivity index (χ0v) is 20.5. The maximum absolute atomic E-state index is 13.6. The van der Waals surface area contributed by atoms with Crippen molar-refractivity contribution in [1.29, 1.82) is 0 Å². The van der Waals surface area contributed by atoms with Crippen molar-refractivity contribution >= 4 is 23.4 Å². The van der Waals surface area contributed by atoms with Crippen LogP contribution in [0.1, 0.15) is 36.8 Å². The molecule has 1 aliphatic rings. The van der Waals surface area contributed by atoms with Crippen LogP contribution in [0.15, 0.2) is 84.9 Å². The first-order valence-electron chi connectivity index (χ1n) is 12.1. The molecule has 0 radical (unpaired) electrons. The predicted molar refractivity (Wildman–Crippen MR) is 138 cm³/mol. The zero-order valence-electron chi connectivity index (χ0n) is 19.7. The number of halogens is 1. The van der Waals surface area contributed by atoms with E-state index in [1.54, 1.807) is 29.2 Å². The standard InChI is InChI=1S/C29H31ClN2O3/c30-24-15-17-26(18-16-24)35-21-28(33)32(20-23-11-5-2-6-12-23)27(19-22-9-3-1-4-10-22)29(34)31-25-13-7-8-14-25/h1-6,9-12,15-18,25,27H,7-8,13-14,19-21H2,(H,31,34)/t27-/m1/s1. The second-order valence-corrected chi connectivity index (χ2v) is 9.38. The van der Waals surface area contributed by atoms with E-state index >= 15 is 0 Å². The molecule has 1 saturated carbocycles. The molecule has 35 heavy (non-hydrogen) atoms. The fraction of sp³-hybridized carbons (Fsp3) is 0.310. The first-order chi connectivity index (χ1) is 17.1. The second kappa shape index (κ2) is 12.4. The molecule has 5 nitrogen and oxygen atoms in total. The third-order valence-electron chi connectivity index (χ3n) is 6.34. The van der Waals surface area contributed by atoms with E-state index in [1.165, 1.54) is 0 Å². The lowest BCUT2D eigenvalue weighted by Gasteiger charge is -2.32. The van der Waals surface area contributed by atoms with Crippen LogP contribution < -0.4 is 10.1 Å². The molecule has 6 heteroatoms. The Morgan fingerprint density at radius 1 is 0.886 bits per heavy atom. The van der Waals surface area contributed by atoms with Crippen molar-refractivity contribution in [3.8, 4) is 5.75 Å². The topological polar surface area (TPSA) is 58.6 Å². The van der Waals surface area contributed by atoms with Gasteiger partial charge in [-0.25, -0.2) is 0 Å². The van der Waals surface area contributed by atoms with Crippen LogP contribution in [-0.2, 0) is 22.6 Å². The van der Waals surface area contributed by atoms with Crippen molar-refractivity contribution in [1.82, 2.24) is 10.2 Å². The van der Waals surface area contributed by atoms with Gasteiger partial charge in [0.05, 0.1) is 0 Å². The highest BCUT2D eigenvalue weighted by molar-refractivity contribution is 6.30. The predicted octanol–water partition coefficient (Wildman–Crippen LogP) is 5.42. The summed E-state index contributed by atoms with van der Waals surface area (Å²) in [4.78, 5) is 28.8. The first-order valence-corrected chi connectivity index (χ1v) is 12.5. The van der Waals surface area contributed by atoms with Gasteiger partial charge in [0, 0.05) is 24.0 Å². The van der Waals surface area contributed by atoms with Crippen LogP contribution in [0.5, 0.6) is 5.75 Å². The second-order valence-electron chi connectivity index (χ2n) is 8.95. The number of carbonyl (C=O) groups excluding carboxylic acids is 2. The van der Waals surface area contributed by atoms with E-state index in [0.717, 1.165) is 36.8 Å². The van der Waals surface area contributed by atoms with Gasteiger partial charge in [0.1, 0.15) is 11.8 Å². The molecular weight excluding hydrogens is 460 g/mol. The minimum Gasteiger partial charge on any atom is -0.484 e. The van der Waals surface area contributed by atoms with Gasteiger partial charge in [-0.05, 0) is 48.2 Å². The van der Waals surface area contributed by atoms with Crippen molar-refractivity contribution < 1.29 is 14.3 Å². The lowest BCUT2D eigenvalue weighted by molar-refractivity contribution is -0.143. The number of ether oxygens (including phenoxy) is 1. The van der Waals surface area contributed by atoms with Crippen molar-refractivity contribution in [2.45, 2.75) is 50.7 Å². The van der Waals surface area contributed by atoms with Gasteiger partial charge in [0.25, 0.3) is 5.91 Å². The Kier molecular flexibility index (Phi) is 8.79. The number of carbonyl (C=O) groups is 2. The van der Waals surface area contributed by atoms with E-state index in [0.29, 0.717) is 23.7 Å².